The maximum atomic E-state index is 7.36. The molecule has 0 saturated carbocycles. The lowest BCUT2D eigenvalue weighted by atomic mass is 10.2. The van der Waals surface area contributed by atoms with E-state index in [1.807, 2.05) is 20.8 Å². The highest BCUT2D eigenvalue weighted by molar-refractivity contribution is 6.44. The van der Waals surface area contributed by atoms with Crippen LogP contribution < -0.4 is 0 Å². The summed E-state index contributed by atoms with van der Waals surface area (Å²) in [6, 6.07) is 0. The minimum atomic E-state index is 0.450. The Balaban J connectivity index is 4.86. The van der Waals surface area contributed by atoms with E-state index in [4.69, 9.17) is 5.41 Å². The van der Waals surface area contributed by atoms with E-state index in [1.165, 1.54) is 0 Å². The molecule has 0 saturated heterocycles. The first-order valence-electron chi connectivity index (χ1n) is 3.89. The van der Waals surface area contributed by atoms with Gasteiger partial charge in [-0.2, -0.15) is 0 Å². The van der Waals surface area contributed by atoms with Gasteiger partial charge in [0.25, 0.3) is 0 Å². The van der Waals surface area contributed by atoms with Gasteiger partial charge in [-0.1, -0.05) is 12.2 Å². The molecule has 0 fully saturated rings. The van der Waals surface area contributed by atoms with Crippen LogP contribution in [-0.2, 0) is 0 Å². The number of allylic oxidation sites excluding steroid dienone is 3. The average Bonchev–Trinajstić information content (AvgIpc) is 1.98. The Kier molecular flexibility index (Phi) is 4.19. The maximum absolute atomic E-state index is 7.36. The van der Waals surface area contributed by atoms with Gasteiger partial charge in [0, 0.05) is 5.70 Å². The Morgan fingerprint density at radius 1 is 1.25 bits per heavy atom. The topological polar surface area (TPSA) is 36.2 Å². The molecule has 0 aliphatic rings. The van der Waals surface area contributed by atoms with Gasteiger partial charge in [0.1, 0.15) is 0 Å². The van der Waals surface area contributed by atoms with Crippen LogP contribution in [0.4, 0.5) is 0 Å². The van der Waals surface area contributed by atoms with Crippen molar-refractivity contribution in [3.8, 4) is 0 Å². The zero-order valence-electron chi connectivity index (χ0n) is 8.23. The molecule has 0 amide bonds. The van der Waals surface area contributed by atoms with Crippen LogP contribution in [0.1, 0.15) is 27.7 Å². The van der Waals surface area contributed by atoms with Crippen molar-refractivity contribution in [2.75, 3.05) is 0 Å². The second-order valence-electron chi connectivity index (χ2n) is 2.91. The monoisotopic (exact) mass is 164 g/mol. The molecular formula is C10H16N2. The van der Waals surface area contributed by atoms with Crippen LogP contribution in [0.3, 0.4) is 0 Å². The van der Waals surface area contributed by atoms with E-state index in [-0.39, 0.29) is 0 Å². The highest BCUT2D eigenvalue weighted by atomic mass is 14.8. The summed E-state index contributed by atoms with van der Waals surface area (Å²) >= 11 is 0. The van der Waals surface area contributed by atoms with Crippen molar-refractivity contribution >= 4 is 11.4 Å². The lowest BCUT2D eigenvalue weighted by Gasteiger charge is -2.00. The van der Waals surface area contributed by atoms with E-state index in [0.717, 1.165) is 11.3 Å². The van der Waals surface area contributed by atoms with Gasteiger partial charge in [0.15, 0.2) is 0 Å². The number of nitrogens with zero attached hydrogens (tertiary/aromatic N) is 1. The maximum Gasteiger partial charge on any atom is 0.0831 e. The fourth-order valence-corrected chi connectivity index (χ4v) is 0.575. The third-order valence-corrected chi connectivity index (χ3v) is 1.59. The molecule has 1 N–H and O–H groups in total. The SMILES string of the molecule is C=CC(=NC(C)=C(C)C)C(C)=N. The van der Waals surface area contributed by atoms with Crippen molar-refractivity contribution in [1.82, 2.24) is 0 Å². The van der Waals surface area contributed by atoms with Crippen molar-refractivity contribution in [3.63, 3.8) is 0 Å². The molecule has 66 valence electrons. The first-order chi connectivity index (χ1) is 5.49. The molecule has 0 aromatic rings. The van der Waals surface area contributed by atoms with Crippen LogP contribution in [0.5, 0.6) is 0 Å². The number of hydrogen-bond donors (Lipinski definition) is 1. The van der Waals surface area contributed by atoms with Gasteiger partial charge in [-0.05, 0) is 33.8 Å². The number of nitrogens with one attached hydrogen (secondary N) is 1. The highest BCUT2D eigenvalue weighted by Gasteiger charge is 1.96. The highest BCUT2D eigenvalue weighted by Crippen LogP contribution is 2.04. The van der Waals surface area contributed by atoms with Gasteiger partial charge in [-0.15, -0.1) is 0 Å². The van der Waals surface area contributed by atoms with Crippen molar-refractivity contribution in [2.45, 2.75) is 27.7 Å². The molecule has 0 aliphatic heterocycles. The predicted octanol–water partition coefficient (Wildman–Crippen LogP) is 2.97. The molecule has 0 radical (unpaired) electrons. The molecule has 2 nitrogen and oxygen atoms in total. The zero-order chi connectivity index (χ0) is 9.72. The van der Waals surface area contributed by atoms with Crippen LogP contribution in [0.25, 0.3) is 0 Å². The summed E-state index contributed by atoms with van der Waals surface area (Å²) in [6.07, 6.45) is 1.61. The molecule has 0 rings (SSSR count). The minimum Gasteiger partial charge on any atom is -0.303 e. The summed E-state index contributed by atoms with van der Waals surface area (Å²) in [6.45, 7) is 11.2. The van der Waals surface area contributed by atoms with E-state index in [1.54, 1.807) is 13.0 Å². The Morgan fingerprint density at radius 2 is 1.75 bits per heavy atom. The second kappa shape index (κ2) is 4.65. The molecule has 0 aromatic heterocycles. The first-order valence-corrected chi connectivity index (χ1v) is 3.89. The smallest absolute Gasteiger partial charge is 0.0831 e. The molecule has 0 atom stereocenters. The average molecular weight is 164 g/mol. The molecule has 2 heteroatoms. The Morgan fingerprint density at radius 3 is 2.00 bits per heavy atom. The van der Waals surface area contributed by atoms with E-state index in [0.29, 0.717) is 11.4 Å². The number of aliphatic imine (C=N–C) groups is 1. The van der Waals surface area contributed by atoms with Crippen LogP contribution in [0.2, 0.25) is 0 Å². The normalized spacial score (nSPS) is 10.8. The van der Waals surface area contributed by atoms with Gasteiger partial charge in [0.2, 0.25) is 0 Å². The van der Waals surface area contributed by atoms with Crippen LogP contribution in [-0.4, -0.2) is 11.4 Å². The summed E-state index contributed by atoms with van der Waals surface area (Å²) < 4.78 is 0. The summed E-state index contributed by atoms with van der Waals surface area (Å²) in [5, 5.41) is 7.36. The summed E-state index contributed by atoms with van der Waals surface area (Å²) in [4.78, 5) is 4.25. The van der Waals surface area contributed by atoms with Crippen molar-refractivity contribution < 1.29 is 0 Å². The lowest BCUT2D eigenvalue weighted by molar-refractivity contribution is 1.19. The Labute approximate surface area is 74.2 Å². The fraction of sp³-hybridized carbons (Fsp3) is 0.400. The van der Waals surface area contributed by atoms with E-state index in [2.05, 4.69) is 11.6 Å². The van der Waals surface area contributed by atoms with Crippen LogP contribution >= 0.6 is 0 Å². The van der Waals surface area contributed by atoms with Gasteiger partial charge in [0.05, 0.1) is 11.4 Å². The Bertz CT molecular complexity index is 253. The van der Waals surface area contributed by atoms with Crippen molar-refractivity contribution in [3.05, 3.63) is 23.9 Å². The molecule has 12 heavy (non-hydrogen) atoms. The minimum absolute atomic E-state index is 0.450. The number of rotatable bonds is 3. The van der Waals surface area contributed by atoms with Gasteiger partial charge < -0.3 is 5.41 Å². The van der Waals surface area contributed by atoms with Crippen molar-refractivity contribution in [1.29, 1.82) is 5.41 Å². The summed E-state index contributed by atoms with van der Waals surface area (Å²) in [5.74, 6) is 0. The molecule has 0 aromatic carbocycles. The fourth-order valence-electron chi connectivity index (χ4n) is 0.575. The van der Waals surface area contributed by atoms with Crippen LogP contribution in [0, 0.1) is 5.41 Å². The molecule has 0 heterocycles. The van der Waals surface area contributed by atoms with E-state index in [9.17, 15) is 0 Å². The molecule has 0 bridgehead atoms. The van der Waals surface area contributed by atoms with E-state index >= 15 is 0 Å². The molecule has 0 unspecified atom stereocenters. The second-order valence-corrected chi connectivity index (χ2v) is 2.91. The first kappa shape index (κ1) is 10.8. The zero-order valence-corrected chi connectivity index (χ0v) is 8.23. The molecule has 0 aliphatic carbocycles. The quantitative estimate of drug-likeness (QED) is 0.622. The number of hydrogen-bond acceptors (Lipinski definition) is 2. The molecular weight excluding hydrogens is 148 g/mol. The van der Waals surface area contributed by atoms with Crippen LogP contribution in [0.15, 0.2) is 28.9 Å². The standard InChI is InChI=1S/C10H16N2/c1-6-10(8(4)11)12-9(5)7(2)3/h6,11H,1H2,2-5H3. The summed E-state index contributed by atoms with van der Waals surface area (Å²) in [5.41, 5.74) is 3.21. The van der Waals surface area contributed by atoms with Gasteiger partial charge >= 0.3 is 0 Å². The molecule has 0 spiro atoms. The van der Waals surface area contributed by atoms with Gasteiger partial charge in [-0.25, -0.2) is 0 Å². The van der Waals surface area contributed by atoms with Crippen molar-refractivity contribution in [2.24, 2.45) is 4.99 Å². The third kappa shape index (κ3) is 3.28. The Hall–Kier alpha value is -1.18. The van der Waals surface area contributed by atoms with E-state index < -0.39 is 0 Å². The predicted molar refractivity (Wildman–Crippen MR) is 55.1 cm³/mol. The van der Waals surface area contributed by atoms with Gasteiger partial charge in [-0.3, -0.25) is 4.99 Å². The summed E-state index contributed by atoms with van der Waals surface area (Å²) in [7, 11) is 0. The lowest BCUT2D eigenvalue weighted by Crippen LogP contribution is -2.05. The third-order valence-electron chi connectivity index (χ3n) is 1.59. The largest absolute Gasteiger partial charge is 0.303 e.